The van der Waals surface area contributed by atoms with Crippen molar-refractivity contribution in [3.63, 3.8) is 0 Å². The van der Waals surface area contributed by atoms with Crippen LogP contribution in [0.2, 0.25) is 0 Å². The van der Waals surface area contributed by atoms with Crippen molar-refractivity contribution in [2.75, 3.05) is 56.2 Å². The van der Waals surface area contributed by atoms with Crippen LogP contribution < -0.4 is 5.32 Å². The number of ether oxygens (including phenoxy) is 1. The highest BCUT2D eigenvalue weighted by atomic mass is 32.2. The maximum Gasteiger partial charge on any atom is 0.254 e. The molecule has 2 aliphatic heterocycles. The predicted octanol–water partition coefficient (Wildman–Crippen LogP) is 1.84. The predicted molar refractivity (Wildman–Crippen MR) is 105 cm³/mol. The zero-order chi connectivity index (χ0) is 18.5. The molecular formula is C19H27N3O3S. The highest BCUT2D eigenvalue weighted by Gasteiger charge is 2.23. The van der Waals surface area contributed by atoms with Crippen molar-refractivity contribution in [1.29, 1.82) is 0 Å². The minimum atomic E-state index is 0.0596. The largest absolute Gasteiger partial charge is 0.376 e. The van der Waals surface area contributed by atoms with Crippen LogP contribution in [0.3, 0.4) is 0 Å². The first kappa shape index (κ1) is 19.0. The Morgan fingerprint density at radius 2 is 2.00 bits per heavy atom. The molecule has 6 nitrogen and oxygen atoms in total. The highest BCUT2D eigenvalue weighted by Crippen LogP contribution is 2.22. The van der Waals surface area contributed by atoms with Crippen molar-refractivity contribution in [3.8, 4) is 0 Å². The average molecular weight is 378 g/mol. The molecule has 1 atom stereocenters. The second-order valence-corrected chi connectivity index (χ2v) is 7.98. The van der Waals surface area contributed by atoms with Gasteiger partial charge in [-0.3, -0.25) is 9.59 Å². The van der Waals surface area contributed by atoms with Crippen LogP contribution in [0, 0.1) is 6.92 Å². The third-order valence-corrected chi connectivity index (χ3v) is 5.83. The topological polar surface area (TPSA) is 61.9 Å². The van der Waals surface area contributed by atoms with Gasteiger partial charge in [0.1, 0.15) is 0 Å². The van der Waals surface area contributed by atoms with Gasteiger partial charge in [0.25, 0.3) is 5.91 Å². The van der Waals surface area contributed by atoms with Crippen LogP contribution in [0.15, 0.2) is 18.2 Å². The molecule has 2 fully saturated rings. The number of nitrogens with zero attached hydrogens (tertiary/aromatic N) is 2. The molecule has 1 aromatic rings. The summed E-state index contributed by atoms with van der Waals surface area (Å²) >= 11 is 1.89. The van der Waals surface area contributed by atoms with E-state index >= 15 is 0 Å². The molecule has 7 heteroatoms. The van der Waals surface area contributed by atoms with E-state index in [1.807, 2.05) is 53.6 Å². The van der Waals surface area contributed by atoms with Crippen molar-refractivity contribution >= 4 is 29.3 Å². The van der Waals surface area contributed by atoms with Crippen molar-refractivity contribution in [2.45, 2.75) is 20.0 Å². The number of nitrogens with one attached hydrogen (secondary N) is 1. The molecule has 1 aromatic carbocycles. The Labute approximate surface area is 159 Å². The van der Waals surface area contributed by atoms with Crippen LogP contribution in [0.25, 0.3) is 0 Å². The summed E-state index contributed by atoms with van der Waals surface area (Å²) in [6, 6.07) is 5.67. The lowest BCUT2D eigenvalue weighted by atomic mass is 10.1. The first-order valence-corrected chi connectivity index (χ1v) is 10.3. The van der Waals surface area contributed by atoms with Crippen LogP contribution in [0.1, 0.15) is 22.8 Å². The summed E-state index contributed by atoms with van der Waals surface area (Å²) in [6.45, 7) is 7.60. The van der Waals surface area contributed by atoms with Gasteiger partial charge < -0.3 is 19.9 Å². The quantitative estimate of drug-likeness (QED) is 0.868. The number of amides is 2. The van der Waals surface area contributed by atoms with Crippen LogP contribution in [0.4, 0.5) is 5.69 Å². The Morgan fingerprint density at radius 1 is 1.23 bits per heavy atom. The molecular weight excluding hydrogens is 350 g/mol. The second-order valence-electron chi connectivity index (χ2n) is 6.76. The van der Waals surface area contributed by atoms with Crippen molar-refractivity contribution < 1.29 is 14.3 Å². The molecule has 0 spiro atoms. The normalized spacial score (nSPS) is 20.8. The van der Waals surface area contributed by atoms with E-state index in [4.69, 9.17) is 4.74 Å². The van der Waals surface area contributed by atoms with Crippen LogP contribution in [-0.2, 0) is 9.53 Å². The Bertz CT molecular complexity index is 661. The molecule has 3 rings (SSSR count). The zero-order valence-electron chi connectivity index (χ0n) is 15.5. The summed E-state index contributed by atoms with van der Waals surface area (Å²) < 4.78 is 5.48. The summed E-state index contributed by atoms with van der Waals surface area (Å²) in [5.41, 5.74) is 2.46. The maximum atomic E-state index is 12.8. The van der Waals surface area contributed by atoms with Crippen molar-refractivity contribution in [3.05, 3.63) is 29.3 Å². The van der Waals surface area contributed by atoms with E-state index in [1.165, 1.54) is 0 Å². The molecule has 0 bridgehead atoms. The third-order valence-electron chi connectivity index (χ3n) is 4.89. The van der Waals surface area contributed by atoms with E-state index in [0.717, 1.165) is 35.8 Å². The van der Waals surface area contributed by atoms with Gasteiger partial charge in [0.2, 0.25) is 5.91 Å². The summed E-state index contributed by atoms with van der Waals surface area (Å²) in [5, 5.41) is 3.22. The molecule has 0 saturated carbocycles. The monoisotopic (exact) mass is 377 g/mol. The maximum absolute atomic E-state index is 12.8. The Kier molecular flexibility index (Phi) is 6.43. The summed E-state index contributed by atoms with van der Waals surface area (Å²) in [7, 11) is 0. The third kappa shape index (κ3) is 4.51. The fourth-order valence-electron chi connectivity index (χ4n) is 3.32. The molecule has 26 heavy (non-hydrogen) atoms. The van der Waals surface area contributed by atoms with Gasteiger partial charge in [0, 0.05) is 48.9 Å². The highest BCUT2D eigenvalue weighted by molar-refractivity contribution is 7.99. The smallest absolute Gasteiger partial charge is 0.254 e. The van der Waals surface area contributed by atoms with Crippen LogP contribution >= 0.6 is 11.8 Å². The van der Waals surface area contributed by atoms with Crippen molar-refractivity contribution in [1.82, 2.24) is 9.80 Å². The standard InChI is InChI=1S/C19H27N3O3S/c1-14-13-22(6-9-25-14)18(23)12-20-17-5-3-4-16(15(17)2)19(24)21-7-10-26-11-8-21/h3-5,14,20H,6-13H2,1-2H3. The number of hydrogen-bond donors (Lipinski definition) is 1. The average Bonchev–Trinajstić information content (AvgIpc) is 2.67. The number of rotatable bonds is 4. The number of carbonyl (C=O) groups excluding carboxylic acids is 2. The lowest BCUT2D eigenvalue weighted by Crippen LogP contribution is -2.46. The number of hydrogen-bond acceptors (Lipinski definition) is 5. The van der Waals surface area contributed by atoms with E-state index < -0.39 is 0 Å². The molecule has 0 aromatic heterocycles. The van der Waals surface area contributed by atoms with Crippen LogP contribution in [0.5, 0.6) is 0 Å². The molecule has 2 aliphatic rings. The van der Waals surface area contributed by atoms with E-state index in [9.17, 15) is 9.59 Å². The minimum Gasteiger partial charge on any atom is -0.376 e. The van der Waals surface area contributed by atoms with Crippen molar-refractivity contribution in [2.24, 2.45) is 0 Å². The molecule has 142 valence electrons. The molecule has 2 saturated heterocycles. The number of carbonyl (C=O) groups is 2. The fourth-order valence-corrected chi connectivity index (χ4v) is 4.23. The number of anilines is 1. The van der Waals surface area contributed by atoms with Gasteiger partial charge in [-0.15, -0.1) is 0 Å². The lowest BCUT2D eigenvalue weighted by Gasteiger charge is -2.31. The first-order chi connectivity index (χ1) is 12.6. The molecule has 2 amide bonds. The Balaban J connectivity index is 1.63. The molecule has 1 N–H and O–H groups in total. The van der Waals surface area contributed by atoms with Gasteiger partial charge in [-0.1, -0.05) is 6.07 Å². The number of thioether (sulfide) groups is 1. The number of benzene rings is 1. The van der Waals surface area contributed by atoms with Gasteiger partial charge in [0.15, 0.2) is 0 Å². The van der Waals surface area contributed by atoms with Gasteiger partial charge in [-0.2, -0.15) is 11.8 Å². The van der Waals surface area contributed by atoms with E-state index in [-0.39, 0.29) is 24.5 Å². The first-order valence-electron chi connectivity index (χ1n) is 9.16. The lowest BCUT2D eigenvalue weighted by molar-refractivity contribution is -0.136. The fraction of sp³-hybridized carbons (Fsp3) is 0.579. The molecule has 0 aliphatic carbocycles. The number of morpholine rings is 1. The Hall–Kier alpha value is -1.73. The van der Waals surface area contributed by atoms with Gasteiger partial charge >= 0.3 is 0 Å². The minimum absolute atomic E-state index is 0.0596. The van der Waals surface area contributed by atoms with Gasteiger partial charge in [-0.25, -0.2) is 0 Å². The molecule has 0 radical (unpaired) electrons. The molecule has 1 unspecified atom stereocenters. The Morgan fingerprint density at radius 3 is 2.73 bits per heavy atom. The molecule has 2 heterocycles. The summed E-state index contributed by atoms with van der Waals surface area (Å²) in [6.07, 6.45) is 0.0816. The summed E-state index contributed by atoms with van der Waals surface area (Å²) in [4.78, 5) is 29.0. The van der Waals surface area contributed by atoms with Gasteiger partial charge in [0.05, 0.1) is 19.3 Å². The SMILES string of the molecule is Cc1c(NCC(=O)N2CCOC(C)C2)cccc1C(=O)N1CCSCC1. The zero-order valence-corrected chi connectivity index (χ0v) is 16.3. The van der Waals surface area contributed by atoms with Gasteiger partial charge in [-0.05, 0) is 31.5 Å². The van der Waals surface area contributed by atoms with E-state index in [0.29, 0.717) is 25.3 Å². The van der Waals surface area contributed by atoms with Crippen LogP contribution in [-0.4, -0.2) is 78.6 Å². The van der Waals surface area contributed by atoms with E-state index in [2.05, 4.69) is 5.32 Å². The second kappa shape index (κ2) is 8.77. The summed E-state index contributed by atoms with van der Waals surface area (Å²) in [5.74, 6) is 2.13. The van der Waals surface area contributed by atoms with E-state index in [1.54, 1.807) is 0 Å².